The maximum absolute atomic E-state index is 9.49. The maximum atomic E-state index is 9.49. The molecule has 0 aliphatic carbocycles. The van der Waals surface area contributed by atoms with E-state index in [-0.39, 0.29) is 0 Å². The van der Waals surface area contributed by atoms with Gasteiger partial charge in [0.05, 0.1) is 13.2 Å². The molecule has 0 aliphatic rings. The first-order chi connectivity index (χ1) is 4.41. The Bertz CT molecular complexity index is 97.2. The molecule has 0 spiro atoms. The van der Waals surface area contributed by atoms with Crippen molar-refractivity contribution in [1.82, 2.24) is 0 Å². The third-order valence-electron chi connectivity index (χ3n) is 0.760. The number of nitrogens with zero attached hydrogens (tertiary/aromatic N) is 1. The fourth-order valence-corrected chi connectivity index (χ4v) is 0.402. The lowest BCUT2D eigenvalue weighted by molar-refractivity contribution is 0.142. The molecule has 0 bridgehead atoms. The van der Waals surface area contributed by atoms with Gasteiger partial charge in [0.25, 0.3) is 0 Å². The van der Waals surface area contributed by atoms with Crippen LogP contribution in [0.25, 0.3) is 0 Å². The van der Waals surface area contributed by atoms with Crippen LogP contribution < -0.4 is 0 Å². The first-order valence-electron chi connectivity index (χ1n) is 3.03. The summed E-state index contributed by atoms with van der Waals surface area (Å²) in [5, 5.41) is 0. The largest absolute Gasteiger partial charge is 0.380 e. The van der Waals surface area contributed by atoms with E-state index in [9.17, 15) is 4.79 Å². The summed E-state index contributed by atoms with van der Waals surface area (Å²) in [6, 6.07) is 0. The van der Waals surface area contributed by atoms with E-state index in [2.05, 4.69) is 4.99 Å². The minimum atomic E-state index is 0.434. The molecule has 3 heteroatoms. The normalized spacial score (nSPS) is 8.56. The predicted molar refractivity (Wildman–Crippen MR) is 34.1 cm³/mol. The van der Waals surface area contributed by atoms with Crippen LogP contribution in [0.1, 0.15) is 13.3 Å². The second-order valence-corrected chi connectivity index (χ2v) is 1.59. The third kappa shape index (κ3) is 7.34. The number of ether oxygens (including phenoxy) is 1. The fourth-order valence-electron chi connectivity index (χ4n) is 0.402. The number of hydrogen-bond acceptors (Lipinski definition) is 3. The number of rotatable bonds is 5. The van der Waals surface area contributed by atoms with Crippen molar-refractivity contribution < 1.29 is 9.53 Å². The first-order valence-corrected chi connectivity index (χ1v) is 3.03. The lowest BCUT2D eigenvalue weighted by atomic mass is 10.5. The molecule has 0 unspecified atom stereocenters. The van der Waals surface area contributed by atoms with Gasteiger partial charge in [0.1, 0.15) is 0 Å². The molecule has 0 saturated heterocycles. The van der Waals surface area contributed by atoms with E-state index in [1.165, 1.54) is 6.08 Å². The molecule has 0 N–H and O–H groups in total. The Morgan fingerprint density at radius 1 is 1.56 bits per heavy atom. The molecule has 0 aromatic rings. The second kappa shape index (κ2) is 7.34. The average molecular weight is 129 g/mol. The van der Waals surface area contributed by atoms with Gasteiger partial charge in [-0.1, -0.05) is 6.92 Å². The molecule has 0 amide bonds. The lowest BCUT2D eigenvalue weighted by Gasteiger charge is -1.95. The Morgan fingerprint density at radius 3 is 2.89 bits per heavy atom. The topological polar surface area (TPSA) is 38.7 Å². The van der Waals surface area contributed by atoms with E-state index in [1.807, 2.05) is 6.92 Å². The predicted octanol–water partition coefficient (Wildman–Crippen LogP) is 0.749. The van der Waals surface area contributed by atoms with Gasteiger partial charge in [-0.2, -0.15) is 0 Å². The summed E-state index contributed by atoms with van der Waals surface area (Å²) in [6.45, 7) is 3.74. The zero-order valence-corrected chi connectivity index (χ0v) is 5.59. The van der Waals surface area contributed by atoms with E-state index >= 15 is 0 Å². The summed E-state index contributed by atoms with van der Waals surface area (Å²) < 4.78 is 5.01. The molecule has 0 atom stereocenters. The molecule has 0 aromatic carbocycles. The van der Waals surface area contributed by atoms with Crippen LogP contribution in [0.4, 0.5) is 0 Å². The van der Waals surface area contributed by atoms with E-state index < -0.39 is 0 Å². The van der Waals surface area contributed by atoms with Crippen LogP contribution in [0, 0.1) is 0 Å². The van der Waals surface area contributed by atoms with Crippen LogP contribution >= 0.6 is 0 Å². The summed E-state index contributed by atoms with van der Waals surface area (Å²) in [7, 11) is 0. The highest BCUT2D eigenvalue weighted by Crippen LogP contribution is 1.78. The average Bonchev–Trinajstić information content (AvgIpc) is 1.89. The van der Waals surface area contributed by atoms with Crippen molar-refractivity contribution >= 4 is 6.08 Å². The Morgan fingerprint density at radius 2 is 2.33 bits per heavy atom. The van der Waals surface area contributed by atoms with Crippen LogP contribution in [0.3, 0.4) is 0 Å². The van der Waals surface area contributed by atoms with Crippen LogP contribution in [0.15, 0.2) is 4.99 Å². The van der Waals surface area contributed by atoms with Gasteiger partial charge in [0, 0.05) is 6.61 Å². The Balaban J connectivity index is 2.82. The van der Waals surface area contributed by atoms with Crippen molar-refractivity contribution in [2.24, 2.45) is 4.99 Å². The van der Waals surface area contributed by atoms with Crippen LogP contribution in [-0.4, -0.2) is 25.8 Å². The van der Waals surface area contributed by atoms with E-state index in [0.717, 1.165) is 13.0 Å². The Hall–Kier alpha value is -0.660. The van der Waals surface area contributed by atoms with Gasteiger partial charge in [-0.3, -0.25) is 0 Å². The molecular formula is C6H11NO2. The maximum Gasteiger partial charge on any atom is 0.235 e. The molecular weight excluding hydrogens is 118 g/mol. The van der Waals surface area contributed by atoms with Crippen molar-refractivity contribution in [2.75, 3.05) is 19.8 Å². The Labute approximate surface area is 54.7 Å². The molecule has 9 heavy (non-hydrogen) atoms. The zero-order chi connectivity index (χ0) is 6.95. The quantitative estimate of drug-likeness (QED) is 0.312. The summed E-state index contributed by atoms with van der Waals surface area (Å²) in [4.78, 5) is 12.8. The van der Waals surface area contributed by atoms with Crippen molar-refractivity contribution in [2.45, 2.75) is 13.3 Å². The van der Waals surface area contributed by atoms with E-state index in [0.29, 0.717) is 13.2 Å². The number of aliphatic imine (C=N–C) groups is 1. The zero-order valence-electron chi connectivity index (χ0n) is 5.59. The summed E-state index contributed by atoms with van der Waals surface area (Å²) in [5.74, 6) is 0. The lowest BCUT2D eigenvalue weighted by Crippen LogP contribution is -1.98. The molecule has 52 valence electrons. The third-order valence-corrected chi connectivity index (χ3v) is 0.760. The van der Waals surface area contributed by atoms with Gasteiger partial charge in [0.15, 0.2) is 0 Å². The highest BCUT2D eigenvalue weighted by Gasteiger charge is 1.81. The standard InChI is InChI=1S/C6H11NO2/c1-2-4-9-5-3-7-6-8/h2-5H2,1H3. The number of carbonyl (C=O) groups excluding carboxylic acids is 1. The Kier molecular flexibility index (Phi) is 6.80. The summed E-state index contributed by atoms with van der Waals surface area (Å²) in [5.41, 5.74) is 0. The smallest absolute Gasteiger partial charge is 0.235 e. The van der Waals surface area contributed by atoms with Crippen LogP contribution in [-0.2, 0) is 9.53 Å². The van der Waals surface area contributed by atoms with Crippen molar-refractivity contribution in [3.8, 4) is 0 Å². The summed E-state index contributed by atoms with van der Waals surface area (Å²) in [6.07, 6.45) is 2.44. The number of isocyanates is 1. The van der Waals surface area contributed by atoms with Crippen molar-refractivity contribution in [1.29, 1.82) is 0 Å². The highest BCUT2D eigenvalue weighted by atomic mass is 16.5. The van der Waals surface area contributed by atoms with Gasteiger partial charge in [0.2, 0.25) is 6.08 Å². The minimum Gasteiger partial charge on any atom is -0.380 e. The molecule has 0 heterocycles. The van der Waals surface area contributed by atoms with Crippen LogP contribution in [0.5, 0.6) is 0 Å². The molecule has 0 fully saturated rings. The molecule has 0 aromatic heterocycles. The fraction of sp³-hybridized carbons (Fsp3) is 0.833. The second-order valence-electron chi connectivity index (χ2n) is 1.59. The highest BCUT2D eigenvalue weighted by molar-refractivity contribution is 5.32. The van der Waals surface area contributed by atoms with Crippen LogP contribution in [0.2, 0.25) is 0 Å². The van der Waals surface area contributed by atoms with Gasteiger partial charge in [-0.15, -0.1) is 0 Å². The van der Waals surface area contributed by atoms with Crippen molar-refractivity contribution in [3.05, 3.63) is 0 Å². The van der Waals surface area contributed by atoms with Gasteiger partial charge >= 0.3 is 0 Å². The monoisotopic (exact) mass is 129 g/mol. The SMILES string of the molecule is CCCOCCN=C=O. The van der Waals surface area contributed by atoms with Gasteiger partial charge in [-0.05, 0) is 6.42 Å². The molecule has 0 rings (SSSR count). The minimum absolute atomic E-state index is 0.434. The summed E-state index contributed by atoms with van der Waals surface area (Å²) >= 11 is 0. The number of hydrogen-bond donors (Lipinski definition) is 0. The van der Waals surface area contributed by atoms with Crippen molar-refractivity contribution in [3.63, 3.8) is 0 Å². The van der Waals surface area contributed by atoms with E-state index in [4.69, 9.17) is 4.74 Å². The molecule has 0 aliphatic heterocycles. The van der Waals surface area contributed by atoms with Gasteiger partial charge < -0.3 is 4.74 Å². The van der Waals surface area contributed by atoms with Gasteiger partial charge in [-0.25, -0.2) is 9.79 Å². The molecule has 0 saturated carbocycles. The van der Waals surface area contributed by atoms with E-state index in [1.54, 1.807) is 0 Å². The first kappa shape index (κ1) is 8.34. The molecule has 0 radical (unpaired) electrons. The molecule has 3 nitrogen and oxygen atoms in total.